The number of nitriles is 1. The lowest BCUT2D eigenvalue weighted by molar-refractivity contribution is -0.0558. The maximum atomic E-state index is 8.74. The van der Waals surface area contributed by atoms with Gasteiger partial charge in [-0.1, -0.05) is 0 Å². The Hall–Kier alpha value is -0.970. The van der Waals surface area contributed by atoms with E-state index in [1.165, 1.54) is 38.5 Å². The zero-order chi connectivity index (χ0) is 11.9. The van der Waals surface area contributed by atoms with Crippen molar-refractivity contribution in [2.45, 2.75) is 44.9 Å². The quantitative estimate of drug-likeness (QED) is 0.695. The number of allylic oxidation sites excluding steroid dienone is 2. The van der Waals surface area contributed by atoms with Crippen LogP contribution in [0.25, 0.3) is 0 Å². The number of rotatable bonds is 3. The largest absolute Gasteiger partial charge is 0.501 e. The van der Waals surface area contributed by atoms with Crippen LogP contribution in [0.1, 0.15) is 44.9 Å². The van der Waals surface area contributed by atoms with E-state index in [0.717, 1.165) is 23.5 Å². The molecule has 17 heavy (non-hydrogen) atoms. The minimum absolute atomic E-state index is 0.306. The average Bonchev–Trinajstić information content (AvgIpc) is 2.27. The number of nitrogens with zero attached hydrogens (tertiary/aromatic N) is 1. The minimum Gasteiger partial charge on any atom is -0.501 e. The molecule has 0 aliphatic heterocycles. The second kappa shape index (κ2) is 4.05. The summed E-state index contributed by atoms with van der Waals surface area (Å²) in [7, 11) is 1.78. The van der Waals surface area contributed by atoms with E-state index in [9.17, 15) is 0 Å². The zero-order valence-electron chi connectivity index (χ0n) is 10.6. The highest BCUT2D eigenvalue weighted by molar-refractivity contribution is 5.17. The fraction of sp³-hybridized carbons (Fsp3) is 0.800. The Labute approximate surface area is 104 Å². The monoisotopic (exact) mass is 231 g/mol. The summed E-state index contributed by atoms with van der Waals surface area (Å²) in [6, 6.07) is 2.21. The van der Waals surface area contributed by atoms with Gasteiger partial charge in [-0.25, -0.2) is 0 Å². The Morgan fingerprint density at radius 2 is 1.76 bits per heavy atom. The molecule has 0 N–H and O–H groups in total. The van der Waals surface area contributed by atoms with E-state index in [1.54, 1.807) is 7.11 Å². The van der Waals surface area contributed by atoms with Crippen molar-refractivity contribution in [1.29, 1.82) is 5.26 Å². The molecule has 2 heteroatoms. The fourth-order valence-corrected chi connectivity index (χ4v) is 5.07. The lowest BCUT2D eigenvalue weighted by Crippen LogP contribution is -2.47. The molecule has 4 rings (SSSR count). The molecule has 0 heterocycles. The summed E-state index contributed by atoms with van der Waals surface area (Å²) in [4.78, 5) is 0. The first-order valence-corrected chi connectivity index (χ1v) is 6.87. The van der Waals surface area contributed by atoms with Gasteiger partial charge in [0.25, 0.3) is 0 Å². The molecule has 0 atom stereocenters. The lowest BCUT2D eigenvalue weighted by atomic mass is 9.49. The molecule has 2 nitrogen and oxygen atoms in total. The van der Waals surface area contributed by atoms with Crippen LogP contribution in [-0.4, -0.2) is 7.11 Å². The Balaban J connectivity index is 1.88. The minimum atomic E-state index is 0.306. The molecule has 0 aromatic carbocycles. The van der Waals surface area contributed by atoms with Gasteiger partial charge in [0.1, 0.15) is 0 Å². The summed E-state index contributed by atoms with van der Waals surface area (Å²) >= 11 is 0. The maximum Gasteiger partial charge on any atom is 0.0987 e. The normalized spacial score (nSPS) is 43.5. The lowest BCUT2D eigenvalue weighted by Gasteiger charge is -2.56. The van der Waals surface area contributed by atoms with Crippen LogP contribution in [0.4, 0.5) is 0 Å². The number of methoxy groups -OCH3 is 1. The van der Waals surface area contributed by atoms with E-state index in [-0.39, 0.29) is 0 Å². The van der Waals surface area contributed by atoms with Crippen LogP contribution in [0, 0.1) is 34.5 Å². The smallest absolute Gasteiger partial charge is 0.0987 e. The van der Waals surface area contributed by atoms with E-state index < -0.39 is 0 Å². The van der Waals surface area contributed by atoms with Crippen molar-refractivity contribution in [2.75, 3.05) is 7.11 Å². The number of ether oxygens (including phenoxy) is 1. The van der Waals surface area contributed by atoms with Gasteiger partial charge >= 0.3 is 0 Å². The maximum absolute atomic E-state index is 8.74. The van der Waals surface area contributed by atoms with Gasteiger partial charge in [-0.05, 0) is 62.4 Å². The molecule has 0 aromatic rings. The van der Waals surface area contributed by atoms with E-state index in [1.807, 2.05) is 6.08 Å². The molecule has 0 amide bonds. The van der Waals surface area contributed by atoms with Crippen molar-refractivity contribution in [3.8, 4) is 6.07 Å². The van der Waals surface area contributed by atoms with Crippen molar-refractivity contribution in [1.82, 2.24) is 0 Å². The molecule has 4 aliphatic rings. The van der Waals surface area contributed by atoms with Crippen LogP contribution in [-0.2, 0) is 4.74 Å². The van der Waals surface area contributed by atoms with E-state index in [0.29, 0.717) is 11.8 Å². The first kappa shape index (κ1) is 11.1. The molecule has 0 radical (unpaired) electrons. The molecule has 4 aliphatic carbocycles. The summed E-state index contributed by atoms with van der Waals surface area (Å²) in [5.41, 5.74) is 0.306. The second-order valence-corrected chi connectivity index (χ2v) is 6.33. The number of hydrogen-bond donors (Lipinski definition) is 0. The van der Waals surface area contributed by atoms with Gasteiger partial charge in [0.15, 0.2) is 0 Å². The van der Waals surface area contributed by atoms with Gasteiger partial charge in [-0.15, -0.1) is 0 Å². The molecule has 4 saturated carbocycles. The summed E-state index contributed by atoms with van der Waals surface area (Å²) in [5.74, 6) is 3.92. The van der Waals surface area contributed by atoms with Crippen molar-refractivity contribution in [3.05, 3.63) is 11.8 Å². The van der Waals surface area contributed by atoms with E-state index >= 15 is 0 Å². The van der Waals surface area contributed by atoms with Crippen LogP contribution in [0.15, 0.2) is 11.8 Å². The van der Waals surface area contributed by atoms with Crippen molar-refractivity contribution < 1.29 is 4.74 Å². The molecule has 0 aromatic heterocycles. The first-order chi connectivity index (χ1) is 8.25. The van der Waals surface area contributed by atoms with Crippen molar-refractivity contribution in [2.24, 2.45) is 23.2 Å². The van der Waals surface area contributed by atoms with Gasteiger partial charge in [0.05, 0.1) is 25.4 Å². The van der Waals surface area contributed by atoms with Gasteiger partial charge in [-0.3, -0.25) is 0 Å². The van der Waals surface area contributed by atoms with Crippen molar-refractivity contribution in [3.63, 3.8) is 0 Å². The predicted molar refractivity (Wildman–Crippen MR) is 65.9 cm³/mol. The molecule has 0 saturated heterocycles. The van der Waals surface area contributed by atoms with Crippen LogP contribution >= 0.6 is 0 Å². The summed E-state index contributed by atoms with van der Waals surface area (Å²) in [6.45, 7) is 0. The number of hydrogen-bond acceptors (Lipinski definition) is 2. The Bertz CT molecular complexity index is 342. The summed E-state index contributed by atoms with van der Waals surface area (Å²) in [6.07, 6.45) is 10.8. The average molecular weight is 231 g/mol. The Morgan fingerprint density at radius 1 is 1.24 bits per heavy atom. The summed E-state index contributed by atoms with van der Waals surface area (Å²) in [5, 5.41) is 8.74. The Kier molecular flexibility index (Phi) is 2.65. The van der Waals surface area contributed by atoms with Gasteiger partial charge in [0.2, 0.25) is 0 Å². The highest BCUT2D eigenvalue weighted by atomic mass is 16.5. The van der Waals surface area contributed by atoms with Gasteiger partial charge < -0.3 is 4.74 Å². The fourth-order valence-electron chi connectivity index (χ4n) is 5.07. The standard InChI is InChI=1S/C15H21NO/c1-17-14(3-2-4-16)15-8-11-5-12(9-15)7-13(6-11)10-15/h3,11-13H,2,5-10H2,1H3/b14-3-. The van der Waals surface area contributed by atoms with Crippen LogP contribution in [0.3, 0.4) is 0 Å². The molecule has 92 valence electrons. The molecule has 4 bridgehead atoms. The summed E-state index contributed by atoms with van der Waals surface area (Å²) < 4.78 is 5.65. The van der Waals surface area contributed by atoms with E-state index in [4.69, 9.17) is 10.00 Å². The third kappa shape index (κ3) is 1.76. The molecule has 0 spiro atoms. The zero-order valence-corrected chi connectivity index (χ0v) is 10.6. The molecular formula is C15H21NO. The van der Waals surface area contributed by atoms with Gasteiger partial charge in [0, 0.05) is 5.41 Å². The topological polar surface area (TPSA) is 33.0 Å². The van der Waals surface area contributed by atoms with Crippen LogP contribution in [0.5, 0.6) is 0 Å². The molecule has 4 fully saturated rings. The molecule has 0 unspecified atom stereocenters. The molecular weight excluding hydrogens is 210 g/mol. The second-order valence-electron chi connectivity index (χ2n) is 6.33. The van der Waals surface area contributed by atoms with E-state index in [2.05, 4.69) is 6.07 Å². The first-order valence-electron chi connectivity index (χ1n) is 6.87. The SMILES string of the molecule is CO/C(=C\CC#N)C12CC3CC(CC(C3)C1)C2. The van der Waals surface area contributed by atoms with Crippen molar-refractivity contribution >= 4 is 0 Å². The Morgan fingerprint density at radius 3 is 2.18 bits per heavy atom. The van der Waals surface area contributed by atoms with Crippen LogP contribution in [0.2, 0.25) is 0 Å². The third-order valence-corrected chi connectivity index (χ3v) is 5.16. The highest BCUT2D eigenvalue weighted by Gasteiger charge is 2.53. The predicted octanol–water partition coefficient (Wildman–Crippen LogP) is 3.65. The van der Waals surface area contributed by atoms with Crippen LogP contribution < -0.4 is 0 Å². The highest BCUT2D eigenvalue weighted by Crippen LogP contribution is 2.62. The van der Waals surface area contributed by atoms with Gasteiger partial charge in [-0.2, -0.15) is 5.26 Å². The third-order valence-electron chi connectivity index (χ3n) is 5.16.